The molecule has 0 bridgehead atoms. The average molecular weight is 406 g/mol. The van der Waals surface area contributed by atoms with E-state index in [4.69, 9.17) is 10.2 Å². The van der Waals surface area contributed by atoms with Crippen molar-refractivity contribution < 1.29 is 28.7 Å². The summed E-state index contributed by atoms with van der Waals surface area (Å²) in [7, 11) is -4.51. The lowest BCUT2D eigenvalue weighted by atomic mass is 10.0. The molecule has 3 aromatic rings. The lowest BCUT2D eigenvalue weighted by Crippen LogP contribution is -2.44. The molecule has 0 fully saturated rings. The first-order chi connectivity index (χ1) is 13.3. The molecule has 0 aliphatic heterocycles. The molecule has 3 rings (SSSR count). The van der Waals surface area contributed by atoms with Crippen LogP contribution >= 0.6 is 7.60 Å². The van der Waals surface area contributed by atoms with Gasteiger partial charge in [-0.3, -0.25) is 14.7 Å². The third kappa shape index (κ3) is 4.60. The van der Waals surface area contributed by atoms with Crippen LogP contribution in [0.4, 0.5) is 0 Å². The summed E-state index contributed by atoms with van der Waals surface area (Å²) in [4.78, 5) is 30.7. The molecular formula is C19H23N2O6P. The Labute approximate surface area is 161 Å². The van der Waals surface area contributed by atoms with Gasteiger partial charge in [-0.25, -0.2) is 0 Å². The van der Waals surface area contributed by atoms with Gasteiger partial charge in [0.1, 0.15) is 23.0 Å². The summed E-state index contributed by atoms with van der Waals surface area (Å²) < 4.78 is 17.5. The molecule has 0 saturated heterocycles. The first-order valence-corrected chi connectivity index (χ1v) is 10.6. The van der Waals surface area contributed by atoms with Crippen molar-refractivity contribution in [2.45, 2.75) is 31.1 Å². The molecule has 1 aromatic heterocycles. The quantitative estimate of drug-likeness (QED) is 0.341. The summed E-state index contributed by atoms with van der Waals surface area (Å²) in [5.41, 5.74) is 7.48. The van der Waals surface area contributed by atoms with Gasteiger partial charge >= 0.3 is 13.6 Å². The molecule has 2 atom stereocenters. The van der Waals surface area contributed by atoms with Gasteiger partial charge in [0.2, 0.25) is 0 Å². The molecule has 28 heavy (non-hydrogen) atoms. The molecule has 1 heterocycles. The van der Waals surface area contributed by atoms with Gasteiger partial charge in [0, 0.05) is 10.8 Å². The smallest absolute Gasteiger partial charge is 0.342 e. The number of carboxylic acid groups (broad SMARTS) is 1. The average Bonchev–Trinajstić information content (AvgIpc) is 3.00. The zero-order chi connectivity index (χ0) is 20.3. The first kappa shape index (κ1) is 20.5. The van der Waals surface area contributed by atoms with Crippen molar-refractivity contribution in [2.24, 2.45) is 5.73 Å². The van der Waals surface area contributed by atoms with Crippen LogP contribution in [0.1, 0.15) is 18.4 Å². The van der Waals surface area contributed by atoms with Gasteiger partial charge < -0.3 is 25.0 Å². The van der Waals surface area contributed by atoms with Crippen molar-refractivity contribution in [1.29, 1.82) is 0 Å². The van der Waals surface area contributed by atoms with Gasteiger partial charge in [0.05, 0.1) is 0 Å². The second kappa shape index (κ2) is 8.43. The van der Waals surface area contributed by atoms with Gasteiger partial charge in [0.25, 0.3) is 0 Å². The lowest BCUT2D eigenvalue weighted by molar-refractivity contribution is -0.139. The van der Waals surface area contributed by atoms with Crippen molar-refractivity contribution in [2.75, 3.05) is 6.54 Å². The molecule has 150 valence electrons. The number of benzene rings is 2. The van der Waals surface area contributed by atoms with Crippen LogP contribution in [-0.2, 0) is 15.8 Å². The second-order valence-corrected chi connectivity index (χ2v) is 8.53. The Morgan fingerprint density at radius 3 is 2.54 bits per heavy atom. The molecule has 9 heteroatoms. The number of carboxylic acids is 1. The van der Waals surface area contributed by atoms with E-state index in [0.717, 1.165) is 16.4 Å². The second-order valence-electron chi connectivity index (χ2n) is 6.73. The van der Waals surface area contributed by atoms with E-state index in [1.165, 1.54) is 0 Å². The molecular weight excluding hydrogens is 383 g/mol. The minimum absolute atomic E-state index is 0.0570. The molecule has 0 aliphatic carbocycles. The summed E-state index contributed by atoms with van der Waals surface area (Å²) in [5.74, 6) is -2.44. The summed E-state index contributed by atoms with van der Waals surface area (Å²) in [6.07, 6.45) is 0.522. The summed E-state index contributed by atoms with van der Waals surface area (Å²) in [6.45, 7) is 0.263. The Morgan fingerprint density at radius 2 is 1.86 bits per heavy atom. The van der Waals surface area contributed by atoms with Crippen LogP contribution in [0.2, 0.25) is 0 Å². The summed E-state index contributed by atoms with van der Waals surface area (Å²) in [6, 6.07) is 11.9. The number of aliphatic carboxylic acids is 1. The number of furan rings is 1. The normalized spacial score (nSPS) is 14.4. The number of nitrogens with two attached hydrogens (primary N) is 1. The van der Waals surface area contributed by atoms with Crippen molar-refractivity contribution in [3.63, 3.8) is 0 Å². The maximum atomic E-state index is 11.7. The first-order valence-electron chi connectivity index (χ1n) is 8.94. The fourth-order valence-corrected chi connectivity index (χ4v) is 4.14. The van der Waals surface area contributed by atoms with Gasteiger partial charge in [-0.1, -0.05) is 30.3 Å². The van der Waals surface area contributed by atoms with Crippen LogP contribution in [-0.4, -0.2) is 39.2 Å². The van der Waals surface area contributed by atoms with Crippen LogP contribution in [0.15, 0.2) is 46.9 Å². The van der Waals surface area contributed by atoms with Gasteiger partial charge in [-0.15, -0.1) is 0 Å². The maximum absolute atomic E-state index is 11.7. The SMILES string of the molecule is NCCC[C@@H](N[C@@H](Cc1ccc2c(c1)oc1ccccc12)C(=O)O)P(=O)(O)O. The number of hydrogen-bond acceptors (Lipinski definition) is 5. The van der Waals surface area contributed by atoms with Crippen LogP contribution in [0.3, 0.4) is 0 Å². The predicted molar refractivity (Wildman–Crippen MR) is 106 cm³/mol. The van der Waals surface area contributed by atoms with Gasteiger partial charge in [0.15, 0.2) is 0 Å². The molecule has 2 aromatic carbocycles. The Morgan fingerprint density at radius 1 is 1.14 bits per heavy atom. The van der Waals surface area contributed by atoms with E-state index in [9.17, 15) is 24.3 Å². The number of nitrogens with one attached hydrogen (secondary N) is 1. The Kier molecular flexibility index (Phi) is 6.17. The number of rotatable bonds is 9. The molecule has 0 radical (unpaired) electrons. The molecule has 0 aliphatic rings. The van der Waals surface area contributed by atoms with Crippen molar-refractivity contribution in [3.8, 4) is 0 Å². The molecule has 0 spiro atoms. The third-order valence-corrected chi connectivity index (χ3v) is 5.88. The fraction of sp³-hybridized carbons (Fsp3) is 0.316. The van der Waals surface area contributed by atoms with Gasteiger partial charge in [-0.05, 0) is 43.5 Å². The topological polar surface area (TPSA) is 146 Å². The summed E-state index contributed by atoms with van der Waals surface area (Å²) in [5, 5.41) is 14.0. The fourth-order valence-electron chi connectivity index (χ4n) is 3.24. The lowest BCUT2D eigenvalue weighted by Gasteiger charge is -2.24. The van der Waals surface area contributed by atoms with Crippen LogP contribution in [0, 0.1) is 0 Å². The van der Waals surface area contributed by atoms with E-state index in [2.05, 4.69) is 5.32 Å². The zero-order valence-electron chi connectivity index (χ0n) is 15.1. The maximum Gasteiger partial charge on any atom is 0.342 e. The number of para-hydroxylation sites is 1. The number of fused-ring (bicyclic) bond motifs is 3. The third-order valence-electron chi connectivity index (χ3n) is 4.66. The standard InChI is InChI=1S/C19H23N2O6P/c20-9-3-6-18(28(24,25)26)21-15(19(22)23)10-12-7-8-14-13-4-1-2-5-16(13)27-17(14)11-12/h1-2,4-5,7-8,11,15,18,21H,3,6,9-10,20H2,(H,22,23)(H2,24,25,26)/t15-,18-/m0/s1. The van der Waals surface area contributed by atoms with E-state index in [0.29, 0.717) is 17.6 Å². The summed E-state index contributed by atoms with van der Waals surface area (Å²) >= 11 is 0. The van der Waals surface area contributed by atoms with Crippen molar-refractivity contribution in [3.05, 3.63) is 48.0 Å². The zero-order valence-corrected chi connectivity index (χ0v) is 16.0. The highest BCUT2D eigenvalue weighted by Crippen LogP contribution is 2.42. The van der Waals surface area contributed by atoms with E-state index in [-0.39, 0.29) is 19.4 Å². The molecule has 8 nitrogen and oxygen atoms in total. The number of carbonyl (C=O) groups is 1. The van der Waals surface area contributed by atoms with E-state index in [1.807, 2.05) is 30.3 Å². The Balaban J connectivity index is 1.84. The minimum Gasteiger partial charge on any atom is -0.480 e. The minimum atomic E-state index is -4.51. The highest BCUT2D eigenvalue weighted by molar-refractivity contribution is 7.52. The largest absolute Gasteiger partial charge is 0.480 e. The monoisotopic (exact) mass is 406 g/mol. The van der Waals surface area contributed by atoms with E-state index < -0.39 is 25.4 Å². The highest BCUT2D eigenvalue weighted by atomic mass is 31.2. The van der Waals surface area contributed by atoms with Crippen molar-refractivity contribution in [1.82, 2.24) is 5.32 Å². The highest BCUT2D eigenvalue weighted by Gasteiger charge is 2.32. The molecule has 6 N–H and O–H groups in total. The Hall–Kier alpha value is -2.22. The molecule has 0 unspecified atom stereocenters. The van der Waals surface area contributed by atoms with E-state index >= 15 is 0 Å². The van der Waals surface area contributed by atoms with E-state index in [1.54, 1.807) is 12.1 Å². The Bertz CT molecular complexity index is 1030. The van der Waals surface area contributed by atoms with Crippen molar-refractivity contribution >= 4 is 35.5 Å². The van der Waals surface area contributed by atoms with Crippen LogP contribution < -0.4 is 11.1 Å². The molecule has 0 saturated carbocycles. The molecule has 0 amide bonds. The van der Waals surface area contributed by atoms with Crippen LogP contribution in [0.25, 0.3) is 21.9 Å². The van der Waals surface area contributed by atoms with Gasteiger partial charge in [-0.2, -0.15) is 0 Å². The predicted octanol–water partition coefficient (Wildman–Crippen LogP) is 2.41. The van der Waals surface area contributed by atoms with Crippen LogP contribution in [0.5, 0.6) is 0 Å². The number of hydrogen-bond donors (Lipinski definition) is 5.